The molecule has 6 rings (SSSR count). The Kier molecular flexibility index (Phi) is 5.19. The van der Waals surface area contributed by atoms with Crippen molar-refractivity contribution in [3.05, 3.63) is 82.9 Å². The van der Waals surface area contributed by atoms with E-state index >= 15 is 0 Å². The van der Waals surface area contributed by atoms with Crippen molar-refractivity contribution < 1.29 is 24.1 Å². The summed E-state index contributed by atoms with van der Waals surface area (Å²) in [6.45, 7) is 1.57. The number of ether oxygens (including phenoxy) is 3. The summed E-state index contributed by atoms with van der Waals surface area (Å²) in [5, 5.41) is 10.8. The summed E-state index contributed by atoms with van der Waals surface area (Å²) in [5.74, 6) is 1.92. The number of carbonyl (C=O) groups is 1. The topological polar surface area (TPSA) is 81.1 Å². The molecule has 7 heteroatoms. The summed E-state index contributed by atoms with van der Waals surface area (Å²) in [6, 6.07) is 13.0. The first-order chi connectivity index (χ1) is 16.7. The Morgan fingerprint density at radius 2 is 2.03 bits per heavy atom. The number of hydrogen-bond donors (Lipinski definition) is 1. The highest BCUT2D eigenvalue weighted by atomic mass is 16.7. The van der Waals surface area contributed by atoms with Gasteiger partial charge in [-0.1, -0.05) is 18.6 Å². The largest absolute Gasteiger partial charge is 0.507 e. The Labute approximate surface area is 197 Å². The zero-order valence-electron chi connectivity index (χ0n) is 18.6. The molecule has 0 saturated carbocycles. The first kappa shape index (κ1) is 20.7. The molecule has 7 nitrogen and oxygen atoms in total. The van der Waals surface area contributed by atoms with Gasteiger partial charge in [-0.25, -0.2) is 0 Å². The smallest absolute Gasteiger partial charge is 0.231 e. The standard InChI is InChI=1S/C27H24N2O5/c30-22-8-7-19-26(31)25(13-17-6-9-23-24(12-17)33-16-32-23)34-27(19)20(22)15-29-11-2-1-5-21(29)18-4-3-10-28-14-18/h3-4,6-10,12-14,21,30H,1-2,5,11,15-16H2/b25-13-/t21-/m0/s1. The minimum absolute atomic E-state index is 0.131. The normalized spacial score (nSPS) is 20.4. The van der Waals surface area contributed by atoms with Crippen molar-refractivity contribution in [1.29, 1.82) is 0 Å². The van der Waals surface area contributed by atoms with Crippen molar-refractivity contribution in [3.8, 4) is 23.0 Å². The second-order valence-corrected chi connectivity index (χ2v) is 8.76. The van der Waals surface area contributed by atoms with E-state index in [-0.39, 0.29) is 30.1 Å². The van der Waals surface area contributed by atoms with E-state index in [0.717, 1.165) is 36.9 Å². The van der Waals surface area contributed by atoms with Crippen LogP contribution >= 0.6 is 0 Å². The second kappa shape index (κ2) is 8.50. The summed E-state index contributed by atoms with van der Waals surface area (Å²) < 4.78 is 16.9. The number of aromatic nitrogens is 1. The van der Waals surface area contributed by atoms with E-state index in [2.05, 4.69) is 16.0 Å². The predicted octanol–water partition coefficient (Wildman–Crippen LogP) is 4.86. The minimum atomic E-state index is -0.198. The number of pyridine rings is 1. The Bertz CT molecular complexity index is 1290. The Morgan fingerprint density at radius 3 is 2.91 bits per heavy atom. The molecule has 3 aliphatic rings. The lowest BCUT2D eigenvalue weighted by atomic mass is 9.95. The molecule has 172 valence electrons. The van der Waals surface area contributed by atoms with E-state index in [1.54, 1.807) is 24.4 Å². The van der Waals surface area contributed by atoms with E-state index in [0.29, 0.717) is 34.9 Å². The molecule has 34 heavy (non-hydrogen) atoms. The highest BCUT2D eigenvalue weighted by molar-refractivity contribution is 6.15. The third-order valence-corrected chi connectivity index (χ3v) is 6.65. The summed E-state index contributed by atoms with van der Waals surface area (Å²) in [6.07, 6.45) is 8.64. The number of phenols is 1. The first-order valence-electron chi connectivity index (χ1n) is 11.5. The van der Waals surface area contributed by atoms with Crippen LogP contribution in [-0.4, -0.2) is 34.1 Å². The summed E-state index contributed by atoms with van der Waals surface area (Å²) in [7, 11) is 0. The fourth-order valence-electron chi connectivity index (χ4n) is 4.94. The van der Waals surface area contributed by atoms with Gasteiger partial charge in [0.1, 0.15) is 11.5 Å². The van der Waals surface area contributed by atoms with Crippen molar-refractivity contribution in [2.24, 2.45) is 0 Å². The molecule has 0 amide bonds. The molecule has 0 aliphatic carbocycles. The molecule has 1 atom stereocenters. The van der Waals surface area contributed by atoms with E-state index in [9.17, 15) is 9.90 Å². The Morgan fingerprint density at radius 1 is 1.12 bits per heavy atom. The molecule has 3 aromatic rings. The van der Waals surface area contributed by atoms with Gasteiger partial charge < -0.3 is 19.3 Å². The van der Waals surface area contributed by atoms with Crippen LogP contribution in [0.15, 0.2) is 60.6 Å². The number of hydrogen-bond acceptors (Lipinski definition) is 7. The van der Waals surface area contributed by atoms with Crippen LogP contribution in [-0.2, 0) is 6.54 Å². The van der Waals surface area contributed by atoms with Crippen molar-refractivity contribution >= 4 is 11.9 Å². The number of fused-ring (bicyclic) bond motifs is 2. The van der Waals surface area contributed by atoms with Crippen molar-refractivity contribution in [2.75, 3.05) is 13.3 Å². The Balaban J connectivity index is 1.31. The average molecular weight is 456 g/mol. The van der Waals surface area contributed by atoms with Gasteiger partial charge >= 0.3 is 0 Å². The molecule has 3 aliphatic heterocycles. The predicted molar refractivity (Wildman–Crippen MR) is 125 cm³/mol. The SMILES string of the molecule is O=C1/C(=C/c2ccc3c(c2)OCO3)Oc2c1ccc(O)c2CN1CCCC[C@H]1c1cccnc1. The van der Waals surface area contributed by atoms with Crippen LogP contribution in [0.25, 0.3) is 6.08 Å². The lowest BCUT2D eigenvalue weighted by Crippen LogP contribution is -2.33. The number of nitrogens with zero attached hydrogens (tertiary/aromatic N) is 2. The van der Waals surface area contributed by atoms with Gasteiger partial charge in [0.05, 0.1) is 11.1 Å². The number of carbonyl (C=O) groups excluding carboxylic acids is 1. The van der Waals surface area contributed by atoms with Crippen molar-refractivity contribution in [2.45, 2.75) is 31.8 Å². The van der Waals surface area contributed by atoms with Gasteiger partial charge in [0.15, 0.2) is 17.3 Å². The zero-order valence-corrected chi connectivity index (χ0v) is 18.6. The molecule has 1 aromatic heterocycles. The lowest BCUT2D eigenvalue weighted by molar-refractivity contribution is 0.101. The maximum atomic E-state index is 13.1. The van der Waals surface area contributed by atoms with Gasteiger partial charge in [0.2, 0.25) is 12.6 Å². The number of benzene rings is 2. The average Bonchev–Trinajstić information content (AvgIpc) is 3.46. The molecular formula is C27H24N2O5. The van der Waals surface area contributed by atoms with Crippen LogP contribution in [0.3, 0.4) is 0 Å². The Hall–Kier alpha value is -3.84. The van der Waals surface area contributed by atoms with E-state index in [4.69, 9.17) is 14.2 Å². The number of likely N-dealkylation sites (tertiary alicyclic amines) is 1. The molecule has 1 N–H and O–H groups in total. The van der Waals surface area contributed by atoms with Crippen LogP contribution in [0, 0.1) is 0 Å². The second-order valence-electron chi connectivity index (χ2n) is 8.76. The van der Waals surface area contributed by atoms with Gasteiger partial charge in [-0.2, -0.15) is 0 Å². The van der Waals surface area contributed by atoms with Crippen molar-refractivity contribution in [3.63, 3.8) is 0 Å². The number of piperidine rings is 1. The molecule has 4 heterocycles. The molecular weight excluding hydrogens is 432 g/mol. The first-order valence-corrected chi connectivity index (χ1v) is 11.5. The number of rotatable bonds is 4. The summed E-state index contributed by atoms with van der Waals surface area (Å²) in [4.78, 5) is 19.7. The van der Waals surface area contributed by atoms with Crippen LogP contribution < -0.4 is 14.2 Å². The molecule has 1 saturated heterocycles. The zero-order chi connectivity index (χ0) is 23.1. The minimum Gasteiger partial charge on any atom is -0.507 e. The number of ketones is 1. The highest BCUT2D eigenvalue weighted by Gasteiger charge is 2.33. The molecule has 2 aromatic carbocycles. The quantitative estimate of drug-likeness (QED) is 0.562. The summed E-state index contributed by atoms with van der Waals surface area (Å²) >= 11 is 0. The number of aromatic hydroxyl groups is 1. The van der Waals surface area contributed by atoms with Gasteiger partial charge in [-0.3, -0.25) is 14.7 Å². The number of Topliss-reactive ketones (excluding diaryl/α,β-unsaturated/α-hetero) is 1. The van der Waals surface area contributed by atoms with Crippen LogP contribution in [0.4, 0.5) is 0 Å². The van der Waals surface area contributed by atoms with Gasteiger partial charge in [0.25, 0.3) is 0 Å². The molecule has 0 spiro atoms. The molecule has 0 unspecified atom stereocenters. The van der Waals surface area contributed by atoms with Crippen LogP contribution in [0.5, 0.6) is 23.0 Å². The number of allylic oxidation sites excluding steroid dienone is 1. The maximum Gasteiger partial charge on any atom is 0.231 e. The fraction of sp³-hybridized carbons (Fsp3) is 0.259. The number of phenolic OH excluding ortho intramolecular Hbond substituents is 1. The monoisotopic (exact) mass is 456 g/mol. The van der Waals surface area contributed by atoms with Crippen LogP contribution in [0.1, 0.15) is 52.4 Å². The van der Waals surface area contributed by atoms with Crippen molar-refractivity contribution in [1.82, 2.24) is 9.88 Å². The van der Waals surface area contributed by atoms with E-state index < -0.39 is 0 Å². The fourth-order valence-corrected chi connectivity index (χ4v) is 4.94. The maximum absolute atomic E-state index is 13.1. The third kappa shape index (κ3) is 3.68. The molecule has 1 fully saturated rings. The van der Waals surface area contributed by atoms with Gasteiger partial charge in [0, 0.05) is 25.0 Å². The summed E-state index contributed by atoms with van der Waals surface area (Å²) in [5.41, 5.74) is 3.04. The van der Waals surface area contributed by atoms with Crippen LogP contribution in [0.2, 0.25) is 0 Å². The molecule has 0 bridgehead atoms. The van der Waals surface area contributed by atoms with E-state index in [1.807, 2.05) is 30.5 Å². The lowest BCUT2D eigenvalue weighted by Gasteiger charge is -2.36. The molecule has 0 radical (unpaired) electrons. The highest BCUT2D eigenvalue weighted by Crippen LogP contribution is 2.42. The van der Waals surface area contributed by atoms with Gasteiger partial charge in [-0.05, 0) is 66.9 Å². The van der Waals surface area contributed by atoms with E-state index in [1.165, 1.54) is 0 Å². The van der Waals surface area contributed by atoms with Gasteiger partial charge in [-0.15, -0.1) is 0 Å². The third-order valence-electron chi connectivity index (χ3n) is 6.65.